The van der Waals surface area contributed by atoms with Crippen molar-refractivity contribution in [2.75, 3.05) is 24.5 Å². The van der Waals surface area contributed by atoms with E-state index in [9.17, 15) is 14.5 Å². The molecule has 0 radical (unpaired) electrons. The van der Waals surface area contributed by atoms with Crippen LogP contribution in [0.3, 0.4) is 0 Å². The Morgan fingerprint density at radius 3 is 2.89 bits per heavy atom. The van der Waals surface area contributed by atoms with E-state index in [1.807, 2.05) is 11.8 Å². The number of nitro benzene ring substituents is 1. The summed E-state index contributed by atoms with van der Waals surface area (Å²) in [5.74, 6) is -0.615. The van der Waals surface area contributed by atoms with Crippen molar-refractivity contribution in [3.05, 3.63) is 32.5 Å². The zero-order valence-corrected chi connectivity index (χ0v) is 12.1. The van der Waals surface area contributed by atoms with Crippen LogP contribution in [0.25, 0.3) is 0 Å². The van der Waals surface area contributed by atoms with Crippen molar-refractivity contribution in [1.29, 1.82) is 0 Å². The van der Waals surface area contributed by atoms with Gasteiger partial charge >= 0.3 is 0 Å². The van der Waals surface area contributed by atoms with E-state index >= 15 is 0 Å². The summed E-state index contributed by atoms with van der Waals surface area (Å²) in [6.07, 6.45) is 0.931. The second-order valence-corrected chi connectivity index (χ2v) is 5.30. The van der Waals surface area contributed by atoms with Gasteiger partial charge in [-0.2, -0.15) is 0 Å². The average Bonchev–Trinajstić information content (AvgIpc) is 2.87. The standard InChI is InChI=1S/C12H15BrFN3O2/c1-2-16(8-3-4-15-7-8)11-5-9(13)10(14)6-12(11)17(18)19/h5-6,8,15H,2-4,7H2,1H3. The lowest BCUT2D eigenvalue weighted by molar-refractivity contribution is -0.384. The van der Waals surface area contributed by atoms with E-state index in [4.69, 9.17) is 0 Å². The molecular formula is C12H15BrFN3O2. The molecule has 7 heteroatoms. The van der Waals surface area contributed by atoms with E-state index in [0.717, 1.165) is 25.6 Å². The Kier molecular flexibility index (Phi) is 4.36. The summed E-state index contributed by atoms with van der Waals surface area (Å²) in [4.78, 5) is 12.5. The number of nitro groups is 1. The first kappa shape index (κ1) is 14.2. The van der Waals surface area contributed by atoms with Gasteiger partial charge in [0.2, 0.25) is 0 Å². The van der Waals surface area contributed by atoms with Crippen molar-refractivity contribution in [1.82, 2.24) is 5.32 Å². The molecule has 5 nitrogen and oxygen atoms in total. The maximum Gasteiger partial charge on any atom is 0.295 e. The number of likely N-dealkylation sites (N-methyl/N-ethyl adjacent to an activating group) is 1. The van der Waals surface area contributed by atoms with Gasteiger partial charge in [0.25, 0.3) is 5.69 Å². The Bertz CT molecular complexity index is 492. The van der Waals surface area contributed by atoms with Crippen molar-refractivity contribution in [3.63, 3.8) is 0 Å². The van der Waals surface area contributed by atoms with Crippen LogP contribution in [0.2, 0.25) is 0 Å². The molecule has 0 aromatic heterocycles. The zero-order valence-electron chi connectivity index (χ0n) is 10.5. The summed E-state index contributed by atoms with van der Waals surface area (Å²) in [5, 5.41) is 14.3. The van der Waals surface area contributed by atoms with Gasteiger partial charge in [-0.1, -0.05) is 0 Å². The third kappa shape index (κ3) is 2.87. The van der Waals surface area contributed by atoms with Crippen molar-refractivity contribution >= 4 is 27.3 Å². The maximum absolute atomic E-state index is 13.5. The fraction of sp³-hybridized carbons (Fsp3) is 0.500. The number of hydrogen-bond acceptors (Lipinski definition) is 4. The summed E-state index contributed by atoms with van der Waals surface area (Å²) in [5.41, 5.74) is 0.281. The monoisotopic (exact) mass is 331 g/mol. The summed E-state index contributed by atoms with van der Waals surface area (Å²) in [7, 11) is 0. The number of hydrogen-bond donors (Lipinski definition) is 1. The average molecular weight is 332 g/mol. The van der Waals surface area contributed by atoms with Crippen LogP contribution in [0.4, 0.5) is 15.8 Å². The van der Waals surface area contributed by atoms with Crippen LogP contribution in [0.15, 0.2) is 16.6 Å². The van der Waals surface area contributed by atoms with E-state index in [2.05, 4.69) is 21.2 Å². The Morgan fingerprint density at radius 1 is 1.63 bits per heavy atom. The molecule has 1 aliphatic heterocycles. The first-order valence-electron chi connectivity index (χ1n) is 6.15. The lowest BCUT2D eigenvalue weighted by atomic mass is 10.1. The summed E-state index contributed by atoms with van der Waals surface area (Å²) >= 11 is 3.10. The van der Waals surface area contributed by atoms with Crippen LogP contribution >= 0.6 is 15.9 Å². The third-order valence-electron chi connectivity index (χ3n) is 3.34. The Hall–Kier alpha value is -1.21. The molecule has 2 rings (SSSR count). The number of anilines is 1. The molecule has 1 atom stereocenters. The van der Waals surface area contributed by atoms with Crippen LogP contribution < -0.4 is 10.2 Å². The largest absolute Gasteiger partial charge is 0.362 e. The normalized spacial score (nSPS) is 18.6. The van der Waals surface area contributed by atoms with Crippen molar-refractivity contribution in [2.45, 2.75) is 19.4 Å². The molecule has 0 saturated carbocycles. The maximum atomic E-state index is 13.5. The highest BCUT2D eigenvalue weighted by atomic mass is 79.9. The Labute approximate surface area is 119 Å². The zero-order chi connectivity index (χ0) is 14.0. The van der Waals surface area contributed by atoms with E-state index in [1.54, 1.807) is 0 Å². The lowest BCUT2D eigenvalue weighted by Crippen LogP contribution is -2.37. The molecule has 1 unspecified atom stereocenters. The molecule has 0 spiro atoms. The smallest absolute Gasteiger partial charge is 0.295 e. The molecule has 1 heterocycles. The van der Waals surface area contributed by atoms with Crippen LogP contribution in [0.1, 0.15) is 13.3 Å². The topological polar surface area (TPSA) is 58.4 Å². The minimum Gasteiger partial charge on any atom is -0.362 e. The van der Waals surface area contributed by atoms with Gasteiger partial charge in [-0.05, 0) is 41.9 Å². The molecule has 19 heavy (non-hydrogen) atoms. The summed E-state index contributed by atoms with van der Waals surface area (Å²) < 4.78 is 13.7. The molecular weight excluding hydrogens is 317 g/mol. The first-order valence-corrected chi connectivity index (χ1v) is 6.94. The highest BCUT2D eigenvalue weighted by molar-refractivity contribution is 9.10. The number of nitrogens with one attached hydrogen (secondary N) is 1. The molecule has 0 amide bonds. The van der Waals surface area contributed by atoms with Crippen molar-refractivity contribution in [2.24, 2.45) is 0 Å². The number of benzene rings is 1. The molecule has 1 N–H and O–H groups in total. The molecule has 0 bridgehead atoms. The van der Waals surface area contributed by atoms with Gasteiger partial charge in [0, 0.05) is 19.1 Å². The molecule has 104 valence electrons. The second kappa shape index (κ2) is 5.83. The van der Waals surface area contributed by atoms with Crippen LogP contribution in [0.5, 0.6) is 0 Å². The van der Waals surface area contributed by atoms with Gasteiger partial charge in [0.1, 0.15) is 11.5 Å². The molecule has 1 saturated heterocycles. The van der Waals surface area contributed by atoms with Crippen LogP contribution in [-0.4, -0.2) is 30.6 Å². The highest BCUT2D eigenvalue weighted by Gasteiger charge is 2.28. The summed E-state index contributed by atoms with van der Waals surface area (Å²) in [6, 6.07) is 2.68. The Balaban J connectivity index is 2.45. The van der Waals surface area contributed by atoms with Gasteiger partial charge in [-0.3, -0.25) is 10.1 Å². The number of halogens is 2. The molecule has 1 aromatic rings. The van der Waals surface area contributed by atoms with Gasteiger partial charge in [0.15, 0.2) is 0 Å². The fourth-order valence-corrected chi connectivity index (χ4v) is 2.76. The van der Waals surface area contributed by atoms with Gasteiger partial charge in [-0.15, -0.1) is 0 Å². The Morgan fingerprint density at radius 2 is 2.37 bits per heavy atom. The van der Waals surface area contributed by atoms with Crippen LogP contribution in [-0.2, 0) is 0 Å². The predicted octanol–water partition coefficient (Wildman–Crippen LogP) is 2.68. The minimum absolute atomic E-state index is 0.186. The predicted molar refractivity (Wildman–Crippen MR) is 75.0 cm³/mol. The fourth-order valence-electron chi connectivity index (χ4n) is 2.43. The quantitative estimate of drug-likeness (QED) is 0.680. The van der Waals surface area contributed by atoms with Crippen molar-refractivity contribution in [3.8, 4) is 0 Å². The first-order chi connectivity index (χ1) is 9.04. The van der Waals surface area contributed by atoms with E-state index in [1.165, 1.54) is 6.07 Å². The van der Waals surface area contributed by atoms with E-state index in [0.29, 0.717) is 12.2 Å². The SMILES string of the molecule is CCN(c1cc(Br)c(F)cc1[N+](=O)[O-])C1CCNC1. The molecule has 1 aliphatic rings. The lowest BCUT2D eigenvalue weighted by Gasteiger charge is -2.29. The number of rotatable bonds is 4. The van der Waals surface area contributed by atoms with Crippen LogP contribution in [0, 0.1) is 15.9 Å². The van der Waals surface area contributed by atoms with Gasteiger partial charge < -0.3 is 10.2 Å². The molecule has 0 aliphatic carbocycles. The van der Waals surface area contributed by atoms with E-state index < -0.39 is 10.7 Å². The molecule has 1 aromatic carbocycles. The van der Waals surface area contributed by atoms with Gasteiger partial charge in [-0.25, -0.2) is 4.39 Å². The molecule has 1 fully saturated rings. The summed E-state index contributed by atoms with van der Waals surface area (Å²) in [6.45, 7) is 4.28. The van der Waals surface area contributed by atoms with Gasteiger partial charge in [0.05, 0.1) is 15.5 Å². The highest BCUT2D eigenvalue weighted by Crippen LogP contribution is 2.35. The third-order valence-corrected chi connectivity index (χ3v) is 3.95. The van der Waals surface area contributed by atoms with Crippen molar-refractivity contribution < 1.29 is 9.31 Å². The van der Waals surface area contributed by atoms with E-state index in [-0.39, 0.29) is 16.2 Å². The minimum atomic E-state index is -0.615. The number of nitrogens with zero attached hydrogens (tertiary/aromatic N) is 2. The second-order valence-electron chi connectivity index (χ2n) is 4.44.